The van der Waals surface area contributed by atoms with Gasteiger partial charge < -0.3 is 9.47 Å². The number of nitrogens with zero attached hydrogens (tertiary/aromatic N) is 2. The number of aryl methyl sites for hydroxylation is 1. The molecular formula is C30H17F3N2O4. The molecule has 0 fully saturated rings. The second kappa shape index (κ2) is 11.3. The van der Waals surface area contributed by atoms with Crippen LogP contribution in [-0.2, 0) is 6.42 Å². The van der Waals surface area contributed by atoms with Crippen LogP contribution in [0.4, 0.5) is 13.2 Å². The van der Waals surface area contributed by atoms with E-state index < -0.39 is 35.0 Å². The highest BCUT2D eigenvalue weighted by molar-refractivity contribution is 5.91. The van der Waals surface area contributed by atoms with Crippen LogP contribution in [0.25, 0.3) is 0 Å². The van der Waals surface area contributed by atoms with E-state index in [1.54, 1.807) is 49.4 Å². The van der Waals surface area contributed by atoms with Crippen LogP contribution in [0.15, 0.2) is 72.8 Å². The lowest BCUT2D eigenvalue weighted by Crippen LogP contribution is -2.09. The molecule has 0 saturated heterocycles. The van der Waals surface area contributed by atoms with Gasteiger partial charge in [-0.25, -0.2) is 22.8 Å². The van der Waals surface area contributed by atoms with Crippen molar-refractivity contribution in [2.75, 3.05) is 0 Å². The molecule has 0 bridgehead atoms. The second-order valence-corrected chi connectivity index (χ2v) is 8.43. The van der Waals surface area contributed by atoms with Crippen LogP contribution in [0.5, 0.6) is 11.5 Å². The van der Waals surface area contributed by atoms with Crippen LogP contribution < -0.4 is 9.47 Å². The molecule has 0 heterocycles. The summed E-state index contributed by atoms with van der Waals surface area (Å²) >= 11 is 0. The molecule has 0 unspecified atom stereocenters. The van der Waals surface area contributed by atoms with Gasteiger partial charge in [0.15, 0.2) is 0 Å². The molecule has 4 aromatic rings. The third kappa shape index (κ3) is 6.12. The second-order valence-electron chi connectivity index (χ2n) is 8.43. The van der Waals surface area contributed by atoms with Crippen molar-refractivity contribution in [3.8, 4) is 23.6 Å². The first-order valence-corrected chi connectivity index (χ1v) is 11.4. The molecule has 39 heavy (non-hydrogen) atoms. The van der Waals surface area contributed by atoms with Gasteiger partial charge in [0.25, 0.3) is 0 Å². The van der Waals surface area contributed by atoms with Crippen LogP contribution in [0.3, 0.4) is 0 Å². The fourth-order valence-corrected chi connectivity index (χ4v) is 3.71. The number of carbonyl (C=O) groups is 2. The molecule has 0 aromatic heterocycles. The highest BCUT2D eigenvalue weighted by atomic mass is 19.1. The Balaban J connectivity index is 1.38. The van der Waals surface area contributed by atoms with Gasteiger partial charge >= 0.3 is 11.9 Å². The Labute approximate surface area is 221 Å². The number of carbonyl (C=O) groups excluding carboxylic acids is 2. The number of halogens is 3. The quantitative estimate of drug-likeness (QED) is 0.220. The number of hydrogen-bond donors (Lipinski definition) is 0. The number of benzene rings is 4. The predicted octanol–water partition coefficient (Wildman–Crippen LogP) is 6.18. The lowest BCUT2D eigenvalue weighted by atomic mass is 10.0. The molecule has 0 radical (unpaired) electrons. The molecule has 6 nitrogen and oxygen atoms in total. The maximum Gasteiger partial charge on any atom is 0.343 e. The zero-order valence-electron chi connectivity index (χ0n) is 20.3. The molecule has 9 heteroatoms. The van der Waals surface area contributed by atoms with Crippen molar-refractivity contribution >= 4 is 11.9 Å². The summed E-state index contributed by atoms with van der Waals surface area (Å²) in [4.78, 5) is 24.8. The third-order valence-corrected chi connectivity index (χ3v) is 5.71. The van der Waals surface area contributed by atoms with Crippen LogP contribution in [0.2, 0.25) is 0 Å². The maximum absolute atomic E-state index is 14.0. The average Bonchev–Trinajstić information content (AvgIpc) is 2.89. The van der Waals surface area contributed by atoms with Crippen molar-refractivity contribution in [2.45, 2.75) is 13.3 Å². The summed E-state index contributed by atoms with van der Waals surface area (Å²) in [6, 6.07) is 20.0. The molecule has 0 aliphatic carbocycles. The maximum atomic E-state index is 14.0. The molecule has 192 valence electrons. The Hall–Kier alpha value is -5.41. The first-order chi connectivity index (χ1) is 18.7. The Bertz CT molecular complexity index is 1500. The van der Waals surface area contributed by atoms with Gasteiger partial charge in [-0.3, -0.25) is 0 Å². The molecule has 0 N–H and O–H groups in total. The summed E-state index contributed by atoms with van der Waals surface area (Å²) in [5, 5.41) is 17.7. The van der Waals surface area contributed by atoms with Gasteiger partial charge in [-0.05, 0) is 60.4 Å². The largest absolute Gasteiger partial charge is 0.423 e. The lowest BCUT2D eigenvalue weighted by molar-refractivity contribution is 0.0724. The van der Waals surface area contributed by atoms with Gasteiger partial charge in [-0.15, -0.1) is 0 Å². The molecule has 4 aromatic carbocycles. The standard InChI is InChI=1S/C30H17F3N2O4/c1-17-10-22(12-26(31)24(17)15-34)38-29(36)20-6-2-18(3-7-20)11-19-4-8-21(9-5-19)30(37)39-23-13-27(32)25(16-35)28(33)14-23/h2-10,12-14H,11H2,1H3. The van der Waals surface area contributed by atoms with E-state index in [1.807, 2.05) is 0 Å². The predicted molar refractivity (Wildman–Crippen MR) is 133 cm³/mol. The fraction of sp³-hybridized carbons (Fsp3) is 0.0667. The molecule has 0 saturated carbocycles. The van der Waals surface area contributed by atoms with Gasteiger partial charge in [-0.1, -0.05) is 24.3 Å². The summed E-state index contributed by atoms with van der Waals surface area (Å²) in [6.45, 7) is 1.54. The summed E-state index contributed by atoms with van der Waals surface area (Å²) in [7, 11) is 0. The minimum absolute atomic E-state index is 0.00820. The van der Waals surface area contributed by atoms with E-state index in [1.165, 1.54) is 24.3 Å². The Kier molecular flexibility index (Phi) is 7.74. The van der Waals surface area contributed by atoms with Crippen LogP contribution in [0.1, 0.15) is 48.5 Å². The van der Waals surface area contributed by atoms with Crippen molar-refractivity contribution in [1.29, 1.82) is 10.5 Å². The molecule has 0 aliphatic heterocycles. The van der Waals surface area contributed by atoms with Crippen LogP contribution in [-0.4, -0.2) is 11.9 Å². The number of nitriles is 2. The Morgan fingerprint density at radius 2 is 1.05 bits per heavy atom. The van der Waals surface area contributed by atoms with E-state index in [4.69, 9.17) is 20.0 Å². The Morgan fingerprint density at radius 3 is 1.44 bits per heavy atom. The van der Waals surface area contributed by atoms with Crippen molar-refractivity contribution in [2.24, 2.45) is 0 Å². The van der Waals surface area contributed by atoms with Crippen LogP contribution in [0, 0.1) is 47.0 Å². The fourth-order valence-electron chi connectivity index (χ4n) is 3.71. The van der Waals surface area contributed by atoms with E-state index in [-0.39, 0.29) is 28.2 Å². The summed E-state index contributed by atoms with van der Waals surface area (Å²) in [6.07, 6.45) is 0.469. The molecule has 4 rings (SSSR count). The van der Waals surface area contributed by atoms with Gasteiger partial charge in [0.2, 0.25) is 0 Å². The lowest BCUT2D eigenvalue weighted by Gasteiger charge is -2.08. The highest BCUT2D eigenvalue weighted by Gasteiger charge is 2.16. The van der Waals surface area contributed by atoms with E-state index in [0.29, 0.717) is 12.0 Å². The number of rotatable bonds is 6. The summed E-state index contributed by atoms with van der Waals surface area (Å²) < 4.78 is 51.7. The molecule has 0 atom stereocenters. The minimum atomic E-state index is -1.13. The van der Waals surface area contributed by atoms with E-state index in [2.05, 4.69) is 0 Å². The SMILES string of the molecule is Cc1cc(OC(=O)c2ccc(Cc3ccc(C(=O)Oc4cc(F)c(C#N)c(F)c4)cc3)cc2)cc(F)c1C#N. The number of ether oxygens (including phenoxy) is 2. The number of hydrogen-bond acceptors (Lipinski definition) is 6. The first kappa shape index (κ1) is 26.6. The molecule has 0 spiro atoms. The van der Waals surface area contributed by atoms with E-state index >= 15 is 0 Å². The zero-order chi connectivity index (χ0) is 28.1. The van der Waals surface area contributed by atoms with E-state index in [0.717, 1.165) is 29.3 Å². The Morgan fingerprint density at radius 1 is 0.667 bits per heavy atom. The van der Waals surface area contributed by atoms with Gasteiger partial charge in [0.1, 0.15) is 46.7 Å². The van der Waals surface area contributed by atoms with Gasteiger partial charge in [0.05, 0.1) is 16.7 Å². The van der Waals surface area contributed by atoms with Crippen molar-refractivity contribution in [3.05, 3.63) is 129 Å². The van der Waals surface area contributed by atoms with Gasteiger partial charge in [-0.2, -0.15) is 10.5 Å². The van der Waals surface area contributed by atoms with Crippen molar-refractivity contribution < 1.29 is 32.2 Å². The monoisotopic (exact) mass is 526 g/mol. The highest BCUT2D eigenvalue weighted by Crippen LogP contribution is 2.23. The minimum Gasteiger partial charge on any atom is -0.423 e. The molecule has 0 aliphatic rings. The normalized spacial score (nSPS) is 10.3. The van der Waals surface area contributed by atoms with Gasteiger partial charge in [0, 0.05) is 18.2 Å². The van der Waals surface area contributed by atoms with Crippen molar-refractivity contribution in [1.82, 2.24) is 0 Å². The number of esters is 2. The molecule has 0 amide bonds. The van der Waals surface area contributed by atoms with Crippen LogP contribution >= 0.6 is 0 Å². The summed E-state index contributed by atoms with van der Waals surface area (Å²) in [5.74, 6) is -4.92. The van der Waals surface area contributed by atoms with Crippen molar-refractivity contribution in [3.63, 3.8) is 0 Å². The molecular weight excluding hydrogens is 509 g/mol. The topological polar surface area (TPSA) is 100 Å². The smallest absolute Gasteiger partial charge is 0.343 e. The average molecular weight is 526 g/mol. The van der Waals surface area contributed by atoms with E-state index in [9.17, 15) is 22.8 Å². The third-order valence-electron chi connectivity index (χ3n) is 5.71. The first-order valence-electron chi connectivity index (χ1n) is 11.4. The zero-order valence-corrected chi connectivity index (χ0v) is 20.3. The summed E-state index contributed by atoms with van der Waals surface area (Å²) in [5.41, 5.74) is 1.56.